The van der Waals surface area contributed by atoms with Crippen molar-refractivity contribution in [3.05, 3.63) is 46.1 Å². The Hall–Kier alpha value is -1.94. The number of benzene rings is 1. The van der Waals surface area contributed by atoms with Crippen molar-refractivity contribution < 1.29 is 13.2 Å². The van der Waals surface area contributed by atoms with Gasteiger partial charge in [-0.15, -0.1) is 0 Å². The highest BCUT2D eigenvalue weighted by molar-refractivity contribution is 7.86. The molecule has 0 fully saturated rings. The first kappa shape index (κ1) is 15.0. The van der Waals surface area contributed by atoms with E-state index in [4.69, 9.17) is 16.7 Å². The number of hydrogen-bond acceptors (Lipinski definition) is 4. The zero-order chi connectivity index (χ0) is 15.9. The van der Waals surface area contributed by atoms with Crippen LogP contribution in [0.1, 0.15) is 21.6 Å². The molecule has 1 aromatic heterocycles. The van der Waals surface area contributed by atoms with E-state index in [0.29, 0.717) is 27.7 Å². The number of rotatable bonds is 3. The Morgan fingerprint density at radius 1 is 1.32 bits per heavy atom. The number of aromatic nitrogens is 2. The number of H-pyrrole nitrogens is 1. The number of nitrogens with zero attached hydrogens (tertiary/aromatic N) is 2. The summed E-state index contributed by atoms with van der Waals surface area (Å²) in [4.78, 5) is 12.1. The maximum atomic E-state index is 12.1. The van der Waals surface area contributed by atoms with E-state index >= 15 is 0 Å². The van der Waals surface area contributed by atoms with Crippen molar-refractivity contribution >= 4 is 33.5 Å². The molecule has 3 rings (SSSR count). The summed E-state index contributed by atoms with van der Waals surface area (Å²) in [6, 6.07) is 6.39. The van der Waals surface area contributed by atoms with Crippen molar-refractivity contribution in [3.63, 3.8) is 0 Å². The Balaban J connectivity index is 1.79. The molecule has 4 N–H and O–H groups in total. The third-order valence-electron chi connectivity index (χ3n) is 3.32. The third kappa shape index (κ3) is 2.83. The fourth-order valence-electron chi connectivity index (χ4n) is 2.17. The fourth-order valence-corrected chi connectivity index (χ4v) is 2.91. The second-order valence-corrected chi connectivity index (χ2v) is 6.78. The molecule has 10 heteroatoms. The zero-order valence-corrected chi connectivity index (χ0v) is 12.8. The molecule has 0 saturated heterocycles. The van der Waals surface area contributed by atoms with Crippen LogP contribution in [-0.4, -0.2) is 28.8 Å². The highest BCUT2D eigenvalue weighted by Crippen LogP contribution is 2.28. The second kappa shape index (κ2) is 5.36. The van der Waals surface area contributed by atoms with E-state index in [9.17, 15) is 13.2 Å². The zero-order valence-electron chi connectivity index (χ0n) is 11.2. The average molecular weight is 342 g/mol. The molecule has 2 aromatic rings. The van der Waals surface area contributed by atoms with Crippen molar-refractivity contribution in [2.24, 2.45) is 5.14 Å². The minimum Gasteiger partial charge on any atom is -0.307 e. The molecule has 22 heavy (non-hydrogen) atoms. The minimum absolute atomic E-state index is 0.0703. The summed E-state index contributed by atoms with van der Waals surface area (Å²) in [5, 5.41) is 15.0. The highest BCUT2D eigenvalue weighted by Gasteiger charge is 2.31. The first-order valence-electron chi connectivity index (χ1n) is 6.25. The van der Waals surface area contributed by atoms with E-state index in [1.165, 1.54) is 0 Å². The largest absolute Gasteiger partial charge is 0.307 e. The van der Waals surface area contributed by atoms with E-state index in [2.05, 4.69) is 15.5 Å². The van der Waals surface area contributed by atoms with Gasteiger partial charge in [-0.05, 0) is 24.3 Å². The summed E-state index contributed by atoms with van der Waals surface area (Å²) in [6.07, 6.45) is 0. The summed E-state index contributed by atoms with van der Waals surface area (Å²) in [5.41, 5.74) is 1.57. The smallest absolute Gasteiger partial charge is 0.277 e. The average Bonchev–Trinajstić information content (AvgIpc) is 3.01. The van der Waals surface area contributed by atoms with E-state index in [-0.39, 0.29) is 19.0 Å². The van der Waals surface area contributed by atoms with Crippen molar-refractivity contribution in [1.82, 2.24) is 14.5 Å². The summed E-state index contributed by atoms with van der Waals surface area (Å²) in [5.74, 6) is 0.0123. The number of halogens is 1. The van der Waals surface area contributed by atoms with Gasteiger partial charge >= 0.3 is 0 Å². The molecule has 0 saturated carbocycles. The fraction of sp³-hybridized carbons (Fsp3) is 0.167. The monoisotopic (exact) mass is 341 g/mol. The molecule has 1 aliphatic rings. The molecule has 2 heterocycles. The molecule has 0 unspecified atom stereocenters. The standard InChI is InChI=1S/C12H12ClN5O3S/c13-8-3-1-7(2-4-8)12(19)15-11-9-5-18(22(14,20)21)6-10(9)16-17-11/h1-4H,5-6H2,(H2,14,20,21)(H2,15,16,17,19). The molecule has 0 atom stereocenters. The van der Waals surface area contributed by atoms with Crippen molar-refractivity contribution in [1.29, 1.82) is 0 Å². The van der Waals surface area contributed by atoms with Gasteiger partial charge in [0.2, 0.25) is 0 Å². The first-order chi connectivity index (χ1) is 10.3. The minimum atomic E-state index is -3.79. The number of aromatic amines is 1. The van der Waals surface area contributed by atoms with E-state index in [0.717, 1.165) is 4.31 Å². The quantitative estimate of drug-likeness (QED) is 0.765. The number of amides is 1. The van der Waals surface area contributed by atoms with Crippen LogP contribution in [0.3, 0.4) is 0 Å². The second-order valence-electron chi connectivity index (χ2n) is 4.80. The maximum absolute atomic E-state index is 12.1. The van der Waals surface area contributed by atoms with Crippen LogP contribution < -0.4 is 10.5 Å². The normalized spacial score (nSPS) is 14.8. The molecule has 0 radical (unpaired) electrons. The molecule has 8 nitrogen and oxygen atoms in total. The SMILES string of the molecule is NS(=O)(=O)N1Cc2n[nH]c(NC(=O)c3ccc(Cl)cc3)c2C1. The Labute approximate surface area is 131 Å². The van der Waals surface area contributed by atoms with Crippen LogP contribution in [0.15, 0.2) is 24.3 Å². The van der Waals surface area contributed by atoms with Crippen LogP contribution in [-0.2, 0) is 23.3 Å². The molecule has 0 bridgehead atoms. The Morgan fingerprint density at radius 3 is 2.64 bits per heavy atom. The first-order valence-corrected chi connectivity index (χ1v) is 8.13. The lowest BCUT2D eigenvalue weighted by atomic mass is 10.2. The van der Waals surface area contributed by atoms with Crippen molar-refractivity contribution in [3.8, 4) is 0 Å². The van der Waals surface area contributed by atoms with Gasteiger partial charge in [-0.25, -0.2) is 5.14 Å². The Bertz CT molecular complexity index is 831. The molecule has 116 valence electrons. The number of hydrogen-bond donors (Lipinski definition) is 3. The lowest BCUT2D eigenvalue weighted by molar-refractivity contribution is 0.102. The predicted molar refractivity (Wildman–Crippen MR) is 80.3 cm³/mol. The Kier molecular flexibility index (Phi) is 3.65. The van der Waals surface area contributed by atoms with Gasteiger partial charge in [0.1, 0.15) is 5.82 Å². The maximum Gasteiger partial charge on any atom is 0.277 e. The predicted octanol–water partition coefficient (Wildman–Crippen LogP) is 0.835. The third-order valence-corrected chi connectivity index (χ3v) is 4.55. The highest BCUT2D eigenvalue weighted by atomic mass is 35.5. The van der Waals surface area contributed by atoms with Crippen LogP contribution >= 0.6 is 11.6 Å². The van der Waals surface area contributed by atoms with Crippen LogP contribution in [0.25, 0.3) is 0 Å². The van der Waals surface area contributed by atoms with Gasteiger partial charge in [0, 0.05) is 22.7 Å². The van der Waals surface area contributed by atoms with Gasteiger partial charge in [0.15, 0.2) is 0 Å². The molecule has 0 spiro atoms. The Morgan fingerprint density at radius 2 is 2.00 bits per heavy atom. The van der Waals surface area contributed by atoms with E-state index < -0.39 is 10.2 Å². The lowest BCUT2D eigenvalue weighted by Crippen LogP contribution is -2.32. The molecular weight excluding hydrogens is 330 g/mol. The number of carbonyl (C=O) groups excluding carboxylic acids is 1. The van der Waals surface area contributed by atoms with Gasteiger partial charge in [0.25, 0.3) is 16.1 Å². The summed E-state index contributed by atoms with van der Waals surface area (Å²) in [7, 11) is -3.79. The molecule has 1 amide bonds. The van der Waals surface area contributed by atoms with E-state index in [1.807, 2.05) is 0 Å². The number of carbonyl (C=O) groups is 1. The van der Waals surface area contributed by atoms with Gasteiger partial charge < -0.3 is 5.32 Å². The van der Waals surface area contributed by atoms with Gasteiger partial charge in [-0.2, -0.15) is 17.8 Å². The number of anilines is 1. The number of fused-ring (bicyclic) bond motifs is 1. The van der Waals surface area contributed by atoms with Gasteiger partial charge in [0.05, 0.1) is 12.2 Å². The topological polar surface area (TPSA) is 121 Å². The van der Waals surface area contributed by atoms with E-state index in [1.54, 1.807) is 24.3 Å². The molecule has 1 aromatic carbocycles. The van der Waals surface area contributed by atoms with Crippen molar-refractivity contribution in [2.45, 2.75) is 13.1 Å². The summed E-state index contributed by atoms with van der Waals surface area (Å²) < 4.78 is 23.8. The van der Waals surface area contributed by atoms with Crippen molar-refractivity contribution in [2.75, 3.05) is 5.32 Å². The number of nitrogens with two attached hydrogens (primary N) is 1. The van der Waals surface area contributed by atoms with Crippen LogP contribution in [0.2, 0.25) is 5.02 Å². The van der Waals surface area contributed by atoms with Crippen LogP contribution in [0.4, 0.5) is 5.82 Å². The van der Waals surface area contributed by atoms with Gasteiger partial charge in [-0.3, -0.25) is 9.89 Å². The molecule has 1 aliphatic heterocycles. The van der Waals surface area contributed by atoms with Crippen LogP contribution in [0.5, 0.6) is 0 Å². The molecule has 0 aliphatic carbocycles. The lowest BCUT2D eigenvalue weighted by Gasteiger charge is -2.11. The van der Waals surface area contributed by atoms with Crippen LogP contribution in [0, 0.1) is 0 Å². The number of nitrogens with one attached hydrogen (secondary N) is 2. The summed E-state index contributed by atoms with van der Waals surface area (Å²) >= 11 is 5.77. The van der Waals surface area contributed by atoms with Gasteiger partial charge in [-0.1, -0.05) is 11.6 Å². The molecular formula is C12H12ClN5O3S. The summed E-state index contributed by atoms with van der Waals surface area (Å²) in [6.45, 7) is 0.155.